The molecule has 0 aliphatic carbocycles. The minimum atomic E-state index is -0.407. The average Bonchev–Trinajstić information content (AvgIpc) is 2.47. The molecule has 0 saturated carbocycles. The number of hydrogen-bond donors (Lipinski definition) is 1. The molecule has 0 bridgehead atoms. The molecule has 1 aromatic rings. The van der Waals surface area contributed by atoms with Crippen molar-refractivity contribution in [2.24, 2.45) is 0 Å². The second-order valence-electron chi connectivity index (χ2n) is 4.79. The molecule has 0 saturated heterocycles. The van der Waals surface area contributed by atoms with Crippen LogP contribution in [0, 0.1) is 0 Å². The van der Waals surface area contributed by atoms with Crippen LogP contribution in [0.5, 0.6) is 5.75 Å². The molecule has 0 fully saturated rings. The molecule has 0 spiro atoms. The van der Waals surface area contributed by atoms with Crippen LogP contribution in [0.2, 0.25) is 0 Å². The predicted octanol–water partition coefficient (Wildman–Crippen LogP) is 4.05. The van der Waals surface area contributed by atoms with Gasteiger partial charge in [0, 0.05) is 13.2 Å². The minimum absolute atomic E-state index is 0.351. The van der Waals surface area contributed by atoms with E-state index in [0.717, 1.165) is 19.0 Å². The Morgan fingerprint density at radius 2 is 1.55 bits per heavy atom. The van der Waals surface area contributed by atoms with E-state index in [-0.39, 0.29) is 0 Å². The van der Waals surface area contributed by atoms with Gasteiger partial charge in [-0.3, -0.25) is 0 Å². The van der Waals surface area contributed by atoms with Crippen LogP contribution in [0.4, 0.5) is 0 Å². The Balaban J connectivity index is 0.000000370. The molecule has 1 N–H and O–H groups in total. The fourth-order valence-electron chi connectivity index (χ4n) is 1.33. The van der Waals surface area contributed by atoms with Crippen LogP contribution >= 0.6 is 0 Å². The van der Waals surface area contributed by atoms with E-state index in [0.29, 0.717) is 6.61 Å². The first-order valence-electron chi connectivity index (χ1n) is 7.64. The molecule has 1 rings (SSSR count). The van der Waals surface area contributed by atoms with E-state index in [1.165, 1.54) is 25.7 Å². The number of hydrogen-bond acceptors (Lipinski definition) is 3. The molecule has 1 unspecified atom stereocenters. The number of para-hydroxylation sites is 1. The summed E-state index contributed by atoms with van der Waals surface area (Å²) in [4.78, 5) is 0. The van der Waals surface area contributed by atoms with Gasteiger partial charge in [-0.15, -0.1) is 0 Å². The minimum Gasteiger partial charge on any atom is -0.491 e. The summed E-state index contributed by atoms with van der Waals surface area (Å²) in [7, 11) is 0. The van der Waals surface area contributed by atoms with Crippen LogP contribution in [0.25, 0.3) is 0 Å². The van der Waals surface area contributed by atoms with Crippen molar-refractivity contribution in [1.82, 2.24) is 0 Å². The number of benzene rings is 1. The van der Waals surface area contributed by atoms with Crippen molar-refractivity contribution in [3.63, 3.8) is 0 Å². The molecular weight excluding hydrogens is 252 g/mol. The summed E-state index contributed by atoms with van der Waals surface area (Å²) in [6.45, 7) is 8.33. The van der Waals surface area contributed by atoms with Crippen molar-refractivity contribution in [2.45, 2.75) is 52.6 Å². The van der Waals surface area contributed by atoms with Gasteiger partial charge in [-0.2, -0.15) is 0 Å². The first-order valence-corrected chi connectivity index (χ1v) is 7.64. The van der Waals surface area contributed by atoms with Crippen LogP contribution in [0.15, 0.2) is 30.3 Å². The first kappa shape index (κ1) is 18.9. The maximum Gasteiger partial charge on any atom is 0.119 e. The van der Waals surface area contributed by atoms with Crippen molar-refractivity contribution in [3.8, 4) is 5.75 Å². The topological polar surface area (TPSA) is 38.7 Å². The van der Waals surface area contributed by atoms with Gasteiger partial charge >= 0.3 is 0 Å². The SMILES string of the molecule is CC(O)COc1ccccc1.CCCCOCCCC. The molecule has 20 heavy (non-hydrogen) atoms. The number of aliphatic hydroxyl groups excluding tert-OH is 1. The van der Waals surface area contributed by atoms with E-state index in [1.807, 2.05) is 30.3 Å². The summed E-state index contributed by atoms with van der Waals surface area (Å²) in [6.07, 6.45) is 4.50. The van der Waals surface area contributed by atoms with Gasteiger partial charge in [0.2, 0.25) is 0 Å². The zero-order valence-corrected chi connectivity index (χ0v) is 13.2. The van der Waals surface area contributed by atoms with Gasteiger partial charge < -0.3 is 14.6 Å². The molecule has 3 heteroatoms. The fourth-order valence-corrected chi connectivity index (χ4v) is 1.33. The molecule has 0 amide bonds. The molecule has 3 nitrogen and oxygen atoms in total. The maximum atomic E-state index is 8.89. The second-order valence-corrected chi connectivity index (χ2v) is 4.79. The van der Waals surface area contributed by atoms with Crippen LogP contribution in [0.1, 0.15) is 46.5 Å². The van der Waals surface area contributed by atoms with Crippen LogP contribution in [-0.2, 0) is 4.74 Å². The van der Waals surface area contributed by atoms with Crippen LogP contribution < -0.4 is 4.74 Å². The monoisotopic (exact) mass is 282 g/mol. The van der Waals surface area contributed by atoms with Gasteiger partial charge in [0.25, 0.3) is 0 Å². The number of rotatable bonds is 9. The van der Waals surface area contributed by atoms with Gasteiger partial charge in [-0.05, 0) is 31.9 Å². The van der Waals surface area contributed by atoms with Gasteiger partial charge in [-0.1, -0.05) is 44.9 Å². The highest BCUT2D eigenvalue weighted by Gasteiger charge is 1.95. The fraction of sp³-hybridized carbons (Fsp3) is 0.647. The Kier molecular flexibility index (Phi) is 13.6. The Morgan fingerprint density at radius 3 is 2.00 bits per heavy atom. The molecule has 0 aliphatic heterocycles. The average molecular weight is 282 g/mol. The smallest absolute Gasteiger partial charge is 0.119 e. The van der Waals surface area contributed by atoms with Crippen molar-refractivity contribution >= 4 is 0 Å². The van der Waals surface area contributed by atoms with Gasteiger partial charge in [0.1, 0.15) is 12.4 Å². The second kappa shape index (κ2) is 14.4. The Labute approximate surface area is 123 Å². The molecule has 1 aromatic carbocycles. The third-order valence-corrected chi connectivity index (χ3v) is 2.52. The van der Waals surface area contributed by atoms with Crippen molar-refractivity contribution in [1.29, 1.82) is 0 Å². The van der Waals surface area contributed by atoms with E-state index in [1.54, 1.807) is 6.92 Å². The van der Waals surface area contributed by atoms with Crippen molar-refractivity contribution in [2.75, 3.05) is 19.8 Å². The summed E-state index contributed by atoms with van der Waals surface area (Å²) in [5.41, 5.74) is 0. The van der Waals surface area contributed by atoms with E-state index in [9.17, 15) is 0 Å². The van der Waals surface area contributed by atoms with Crippen LogP contribution in [0.3, 0.4) is 0 Å². The molecule has 116 valence electrons. The molecule has 0 aliphatic rings. The van der Waals surface area contributed by atoms with Crippen LogP contribution in [-0.4, -0.2) is 31.0 Å². The lowest BCUT2D eigenvalue weighted by atomic mass is 10.3. The molecule has 0 aromatic heterocycles. The molecule has 0 heterocycles. The highest BCUT2D eigenvalue weighted by atomic mass is 16.5. The Bertz CT molecular complexity index is 280. The molecular formula is C17H30O3. The first-order chi connectivity index (χ1) is 9.70. The Hall–Kier alpha value is -1.06. The third kappa shape index (κ3) is 13.4. The molecule has 0 radical (unpaired) electrons. The zero-order valence-electron chi connectivity index (χ0n) is 13.2. The van der Waals surface area contributed by atoms with E-state index in [2.05, 4.69) is 13.8 Å². The third-order valence-electron chi connectivity index (χ3n) is 2.52. The largest absolute Gasteiger partial charge is 0.491 e. The zero-order chi connectivity index (χ0) is 15.1. The number of ether oxygens (including phenoxy) is 2. The summed E-state index contributed by atoms with van der Waals surface area (Å²) in [6, 6.07) is 9.45. The van der Waals surface area contributed by atoms with Crippen molar-refractivity contribution in [3.05, 3.63) is 30.3 Å². The standard InChI is InChI=1S/C9H12O2.C8H18O/c1-8(10)7-11-9-5-3-2-4-6-9;1-3-5-7-9-8-6-4-2/h2-6,8,10H,7H2,1H3;3-8H2,1-2H3. The van der Waals surface area contributed by atoms with E-state index < -0.39 is 6.10 Å². The quantitative estimate of drug-likeness (QED) is 0.694. The molecule has 1 atom stereocenters. The van der Waals surface area contributed by atoms with Gasteiger partial charge in [0.15, 0.2) is 0 Å². The maximum absolute atomic E-state index is 8.89. The highest BCUT2D eigenvalue weighted by molar-refractivity contribution is 5.20. The lowest BCUT2D eigenvalue weighted by molar-refractivity contribution is 0.123. The lowest BCUT2D eigenvalue weighted by Gasteiger charge is -2.06. The predicted molar refractivity (Wildman–Crippen MR) is 84.3 cm³/mol. The number of unbranched alkanes of at least 4 members (excludes halogenated alkanes) is 2. The van der Waals surface area contributed by atoms with E-state index in [4.69, 9.17) is 14.6 Å². The summed E-state index contributed by atoms with van der Waals surface area (Å²) in [5, 5.41) is 8.89. The number of aliphatic hydroxyl groups is 1. The summed E-state index contributed by atoms with van der Waals surface area (Å²) < 4.78 is 10.5. The Morgan fingerprint density at radius 1 is 1.00 bits per heavy atom. The summed E-state index contributed by atoms with van der Waals surface area (Å²) in [5.74, 6) is 0.799. The van der Waals surface area contributed by atoms with Crippen molar-refractivity contribution < 1.29 is 14.6 Å². The normalized spacial score (nSPS) is 11.4. The van der Waals surface area contributed by atoms with Gasteiger partial charge in [-0.25, -0.2) is 0 Å². The highest BCUT2D eigenvalue weighted by Crippen LogP contribution is 2.07. The van der Waals surface area contributed by atoms with Gasteiger partial charge in [0.05, 0.1) is 6.10 Å². The lowest BCUT2D eigenvalue weighted by Crippen LogP contribution is -2.12. The van der Waals surface area contributed by atoms with E-state index >= 15 is 0 Å². The summed E-state index contributed by atoms with van der Waals surface area (Å²) >= 11 is 0.